The molecule has 1 N–H and O–H groups in total. The Labute approximate surface area is 120 Å². The van der Waals surface area contributed by atoms with Gasteiger partial charge in [-0.15, -0.1) is 0 Å². The van der Waals surface area contributed by atoms with E-state index in [1.807, 2.05) is 6.92 Å². The monoisotopic (exact) mass is 292 g/mol. The highest BCUT2D eigenvalue weighted by Crippen LogP contribution is 2.46. The second kappa shape index (κ2) is 5.20. The summed E-state index contributed by atoms with van der Waals surface area (Å²) in [4.78, 5) is 2.68. The Morgan fingerprint density at radius 2 is 1.95 bits per heavy atom. The van der Waals surface area contributed by atoms with E-state index in [0.717, 1.165) is 30.0 Å². The number of sulfonamides is 1. The molecule has 0 aliphatic heterocycles. The minimum absolute atomic E-state index is 0.272. The summed E-state index contributed by atoms with van der Waals surface area (Å²) >= 11 is 0. The Kier molecular flexibility index (Phi) is 3.54. The molecule has 4 nitrogen and oxygen atoms in total. The van der Waals surface area contributed by atoms with E-state index in [1.165, 1.54) is 19.3 Å². The summed E-state index contributed by atoms with van der Waals surface area (Å²) < 4.78 is 24.3. The highest BCUT2D eigenvalue weighted by Gasteiger charge is 2.41. The van der Waals surface area contributed by atoms with E-state index in [1.54, 1.807) is 24.3 Å². The molecule has 0 unspecified atom stereocenters. The summed E-state index contributed by atoms with van der Waals surface area (Å²) in [5.74, 6) is 1.28. The van der Waals surface area contributed by atoms with Gasteiger partial charge in [0.15, 0.2) is 0 Å². The van der Waals surface area contributed by atoms with E-state index in [0.29, 0.717) is 5.92 Å². The molecule has 2 saturated carbocycles. The molecule has 2 aliphatic carbocycles. The summed E-state index contributed by atoms with van der Waals surface area (Å²) in [5.41, 5.74) is 2.09. The summed E-state index contributed by atoms with van der Waals surface area (Å²) in [6.45, 7) is 1.93. The topological polar surface area (TPSA) is 58.5 Å². The second-order valence-electron chi connectivity index (χ2n) is 5.86. The summed E-state index contributed by atoms with van der Waals surface area (Å²) in [6, 6.07) is 6.82. The van der Waals surface area contributed by atoms with Crippen LogP contribution in [0.3, 0.4) is 0 Å². The molecule has 20 heavy (non-hydrogen) atoms. The first-order chi connectivity index (χ1) is 9.56. The molecule has 0 aromatic heterocycles. The van der Waals surface area contributed by atoms with Crippen LogP contribution in [0.5, 0.6) is 0 Å². The van der Waals surface area contributed by atoms with E-state index in [9.17, 15) is 8.42 Å². The number of hydrogen-bond acceptors (Lipinski definition) is 3. The van der Waals surface area contributed by atoms with Crippen molar-refractivity contribution in [1.29, 1.82) is 0 Å². The smallest absolute Gasteiger partial charge is 0.200 e. The van der Waals surface area contributed by atoms with Gasteiger partial charge in [0.25, 0.3) is 10.0 Å². The van der Waals surface area contributed by atoms with Crippen LogP contribution in [0.25, 0.3) is 0 Å². The van der Waals surface area contributed by atoms with Gasteiger partial charge in [0.1, 0.15) is 0 Å². The van der Waals surface area contributed by atoms with Gasteiger partial charge in [0.2, 0.25) is 0 Å². The third-order valence-corrected chi connectivity index (χ3v) is 5.47. The molecule has 5 heteroatoms. The average molecular weight is 292 g/mol. The Bertz CT molecular complexity index is 620. The van der Waals surface area contributed by atoms with Crippen molar-refractivity contribution in [2.45, 2.75) is 43.9 Å². The average Bonchev–Trinajstić information content (AvgIpc) is 3.17. The highest BCUT2D eigenvalue weighted by atomic mass is 32.2. The number of hydrogen-bond donors (Lipinski definition) is 1. The van der Waals surface area contributed by atoms with Crippen molar-refractivity contribution in [1.82, 2.24) is 4.83 Å². The number of rotatable bonds is 3. The van der Waals surface area contributed by atoms with E-state index in [-0.39, 0.29) is 4.90 Å². The van der Waals surface area contributed by atoms with Crippen molar-refractivity contribution in [2.24, 2.45) is 16.9 Å². The molecule has 108 valence electrons. The summed E-state index contributed by atoms with van der Waals surface area (Å²) in [5, 5.41) is 4.22. The zero-order valence-electron chi connectivity index (χ0n) is 11.7. The fourth-order valence-electron chi connectivity index (χ4n) is 2.90. The van der Waals surface area contributed by atoms with Crippen LogP contribution in [0, 0.1) is 18.8 Å². The van der Waals surface area contributed by atoms with E-state index in [4.69, 9.17) is 0 Å². The lowest BCUT2D eigenvalue weighted by Crippen LogP contribution is -2.21. The first kappa shape index (κ1) is 13.6. The molecule has 2 fully saturated rings. The van der Waals surface area contributed by atoms with Crippen LogP contribution < -0.4 is 4.83 Å². The molecular formula is C15H20N2O2S. The number of nitrogens with one attached hydrogen (secondary N) is 1. The molecule has 0 bridgehead atoms. The maximum absolute atomic E-state index is 12.2. The van der Waals surface area contributed by atoms with Gasteiger partial charge in [-0.25, -0.2) is 4.83 Å². The Morgan fingerprint density at radius 3 is 2.70 bits per heavy atom. The lowest BCUT2D eigenvalue weighted by atomic mass is 10.1. The number of benzene rings is 1. The van der Waals surface area contributed by atoms with Crippen LogP contribution in [-0.4, -0.2) is 14.1 Å². The van der Waals surface area contributed by atoms with Crippen LogP contribution >= 0.6 is 0 Å². The predicted octanol–water partition coefficient (Wildman–Crippen LogP) is 2.84. The fraction of sp³-hybridized carbons (Fsp3) is 0.533. The van der Waals surface area contributed by atoms with Crippen LogP contribution in [0.2, 0.25) is 0 Å². The largest absolute Gasteiger partial charge is 0.276 e. The molecule has 0 heterocycles. The fourth-order valence-corrected chi connectivity index (χ4v) is 3.74. The van der Waals surface area contributed by atoms with Crippen LogP contribution in [0.4, 0.5) is 0 Å². The summed E-state index contributed by atoms with van der Waals surface area (Å²) in [6.07, 6.45) is 5.75. The number of nitrogens with zero attached hydrogens (tertiary/aromatic N) is 1. The molecule has 2 atom stereocenters. The zero-order valence-corrected chi connectivity index (χ0v) is 12.5. The Hall–Kier alpha value is -1.36. The standard InChI is InChI=1S/C15H20N2O2S/c1-11-6-8-13(9-7-11)20(18,19)17-16-15-5-3-2-4-12-10-14(12)15/h6-9,12,14,17H,2-5,10H2,1H3/t12-,14+/m1/s1. The van der Waals surface area contributed by atoms with Crippen LogP contribution in [0.15, 0.2) is 34.3 Å². The highest BCUT2D eigenvalue weighted by molar-refractivity contribution is 7.89. The lowest BCUT2D eigenvalue weighted by Gasteiger charge is -2.07. The normalized spacial score (nSPS) is 27.8. The lowest BCUT2D eigenvalue weighted by molar-refractivity contribution is 0.584. The maximum Gasteiger partial charge on any atom is 0.276 e. The van der Waals surface area contributed by atoms with Crippen LogP contribution in [-0.2, 0) is 10.0 Å². The third kappa shape index (κ3) is 2.87. The van der Waals surface area contributed by atoms with Crippen molar-refractivity contribution < 1.29 is 8.42 Å². The molecule has 0 radical (unpaired) electrons. The van der Waals surface area contributed by atoms with Gasteiger partial charge in [0, 0.05) is 11.6 Å². The van der Waals surface area contributed by atoms with E-state index in [2.05, 4.69) is 9.93 Å². The maximum atomic E-state index is 12.2. The molecule has 0 saturated heterocycles. The van der Waals surface area contributed by atoms with Crippen molar-refractivity contribution in [2.75, 3.05) is 0 Å². The Morgan fingerprint density at radius 1 is 1.20 bits per heavy atom. The van der Waals surface area contributed by atoms with E-state index >= 15 is 0 Å². The molecule has 0 amide bonds. The van der Waals surface area contributed by atoms with Gasteiger partial charge < -0.3 is 0 Å². The van der Waals surface area contributed by atoms with Crippen molar-refractivity contribution in [3.8, 4) is 0 Å². The summed E-state index contributed by atoms with van der Waals surface area (Å²) in [7, 11) is -3.53. The SMILES string of the molecule is Cc1ccc(S(=O)(=O)NN=C2CCCC[C@@H]3C[C@H]23)cc1. The number of hydrazone groups is 1. The number of fused-ring (bicyclic) bond motifs is 1. The minimum atomic E-state index is -3.53. The van der Waals surface area contributed by atoms with Gasteiger partial charge in [-0.05, 0) is 50.7 Å². The second-order valence-corrected chi connectivity index (χ2v) is 7.52. The van der Waals surface area contributed by atoms with Gasteiger partial charge in [-0.3, -0.25) is 0 Å². The van der Waals surface area contributed by atoms with Gasteiger partial charge in [0.05, 0.1) is 4.90 Å². The first-order valence-corrected chi connectivity index (χ1v) is 8.69. The van der Waals surface area contributed by atoms with Crippen molar-refractivity contribution in [3.63, 3.8) is 0 Å². The van der Waals surface area contributed by atoms with Gasteiger partial charge in [-0.2, -0.15) is 13.5 Å². The Balaban J connectivity index is 1.75. The van der Waals surface area contributed by atoms with Crippen LogP contribution in [0.1, 0.15) is 37.7 Å². The van der Waals surface area contributed by atoms with E-state index < -0.39 is 10.0 Å². The molecule has 3 rings (SSSR count). The molecule has 2 aliphatic rings. The molecule has 1 aromatic rings. The molecule has 0 spiro atoms. The number of aryl methyl sites for hydroxylation is 1. The van der Waals surface area contributed by atoms with Gasteiger partial charge in [-0.1, -0.05) is 24.1 Å². The molecular weight excluding hydrogens is 272 g/mol. The minimum Gasteiger partial charge on any atom is -0.200 e. The van der Waals surface area contributed by atoms with Gasteiger partial charge >= 0.3 is 0 Å². The zero-order chi connectivity index (χ0) is 14.2. The predicted molar refractivity (Wildman–Crippen MR) is 79.0 cm³/mol. The van der Waals surface area contributed by atoms with Crippen molar-refractivity contribution >= 4 is 15.7 Å². The van der Waals surface area contributed by atoms with Crippen molar-refractivity contribution in [3.05, 3.63) is 29.8 Å². The molecule has 1 aromatic carbocycles. The quantitative estimate of drug-likeness (QED) is 0.871. The first-order valence-electron chi connectivity index (χ1n) is 7.21. The third-order valence-electron chi connectivity index (χ3n) is 4.25.